The maximum absolute atomic E-state index is 8.11. The molecule has 2 heterocycles. The van der Waals surface area contributed by atoms with Crippen LogP contribution in [0.15, 0.2) is 11.1 Å². The third-order valence-corrected chi connectivity index (χ3v) is 4.07. The summed E-state index contributed by atoms with van der Waals surface area (Å²) in [5, 5.41) is 15.3. The first kappa shape index (κ1) is 14.1. The number of nitrogens with zero attached hydrogens (tertiary/aromatic N) is 3. The van der Waals surface area contributed by atoms with E-state index >= 15 is 0 Å². The Hall–Kier alpha value is -1.89. The number of aromatic amines is 1. The van der Waals surface area contributed by atoms with Crippen molar-refractivity contribution >= 4 is 17.5 Å². The van der Waals surface area contributed by atoms with Gasteiger partial charge in [0.2, 0.25) is 0 Å². The molecule has 1 unspecified atom stereocenters. The van der Waals surface area contributed by atoms with Crippen LogP contribution in [0.25, 0.3) is 0 Å². The van der Waals surface area contributed by atoms with Crippen LogP contribution in [0.1, 0.15) is 37.3 Å². The number of nitrogens with two attached hydrogens (primary N) is 1. The van der Waals surface area contributed by atoms with Gasteiger partial charge in [-0.15, -0.1) is 0 Å². The highest BCUT2D eigenvalue weighted by atomic mass is 16.5. The first-order valence-electron chi connectivity index (χ1n) is 7.39. The van der Waals surface area contributed by atoms with Gasteiger partial charge in [-0.1, -0.05) is 0 Å². The highest BCUT2D eigenvalue weighted by Crippen LogP contribution is 2.39. The van der Waals surface area contributed by atoms with E-state index in [-0.39, 0.29) is 6.10 Å². The first-order chi connectivity index (χ1) is 10.2. The minimum absolute atomic E-state index is 0.218. The van der Waals surface area contributed by atoms with Crippen molar-refractivity contribution in [3.05, 3.63) is 11.8 Å². The Kier molecular flexibility index (Phi) is 3.92. The molecular formula is C14H22N6O. The highest BCUT2D eigenvalue weighted by Gasteiger charge is 2.26. The Morgan fingerprint density at radius 2 is 2.38 bits per heavy atom. The topological polar surface area (TPSA) is 103 Å². The molecule has 1 atom stereocenters. The van der Waals surface area contributed by atoms with Gasteiger partial charge >= 0.3 is 0 Å². The van der Waals surface area contributed by atoms with Crippen molar-refractivity contribution in [2.75, 3.05) is 20.2 Å². The summed E-state index contributed by atoms with van der Waals surface area (Å²) in [6.07, 6.45) is 3.97. The molecular weight excluding hydrogens is 268 g/mol. The minimum Gasteiger partial charge on any atom is -0.387 e. The summed E-state index contributed by atoms with van der Waals surface area (Å²) in [5.74, 6) is 2.15. The molecule has 114 valence electrons. The summed E-state index contributed by atoms with van der Waals surface area (Å²) < 4.78 is 5.31. The van der Waals surface area contributed by atoms with Crippen molar-refractivity contribution in [2.45, 2.75) is 37.7 Å². The number of likely N-dealkylation sites (tertiary alicyclic amines) is 1. The van der Waals surface area contributed by atoms with Gasteiger partial charge in [0.25, 0.3) is 0 Å². The van der Waals surface area contributed by atoms with Crippen LogP contribution < -0.4 is 5.73 Å². The van der Waals surface area contributed by atoms with E-state index in [0.29, 0.717) is 29.8 Å². The van der Waals surface area contributed by atoms with Crippen LogP contribution >= 0.6 is 0 Å². The average Bonchev–Trinajstić information content (AvgIpc) is 3.02. The second kappa shape index (κ2) is 5.85. The number of amidine groups is 2. The van der Waals surface area contributed by atoms with Crippen LogP contribution in [0.5, 0.6) is 0 Å². The van der Waals surface area contributed by atoms with Crippen LogP contribution in [0.3, 0.4) is 0 Å². The van der Waals surface area contributed by atoms with Crippen LogP contribution in [0.2, 0.25) is 0 Å². The predicted molar refractivity (Wildman–Crippen MR) is 81.2 cm³/mol. The molecule has 4 N–H and O–H groups in total. The molecule has 1 saturated heterocycles. The molecule has 1 aromatic heterocycles. The van der Waals surface area contributed by atoms with E-state index in [9.17, 15) is 0 Å². The number of aromatic nitrogens is 2. The van der Waals surface area contributed by atoms with Crippen molar-refractivity contribution in [2.24, 2.45) is 10.7 Å². The van der Waals surface area contributed by atoms with E-state index in [0.717, 1.165) is 25.2 Å². The summed E-state index contributed by atoms with van der Waals surface area (Å²) in [7, 11) is 1.71. The second-order valence-corrected chi connectivity index (χ2v) is 5.77. The van der Waals surface area contributed by atoms with Gasteiger partial charge in [0.1, 0.15) is 11.7 Å². The number of hydrogen-bond donors (Lipinski definition) is 3. The number of H-pyrrole nitrogens is 1. The molecule has 0 spiro atoms. The monoisotopic (exact) mass is 290 g/mol. The Labute approximate surface area is 124 Å². The number of hydrogen-bond acceptors (Lipinski definition) is 4. The maximum Gasteiger partial charge on any atom is 0.175 e. The first-order valence-corrected chi connectivity index (χ1v) is 7.39. The van der Waals surface area contributed by atoms with Gasteiger partial charge in [0.05, 0.1) is 12.5 Å². The molecule has 7 heteroatoms. The average molecular weight is 290 g/mol. The van der Waals surface area contributed by atoms with Crippen molar-refractivity contribution in [1.29, 1.82) is 5.41 Å². The maximum atomic E-state index is 8.11. The zero-order valence-electron chi connectivity index (χ0n) is 12.3. The molecule has 1 aliphatic carbocycles. The number of ether oxygens (including phenoxy) is 1. The Balaban J connectivity index is 1.55. The smallest absolute Gasteiger partial charge is 0.175 e. The van der Waals surface area contributed by atoms with E-state index in [1.54, 1.807) is 7.11 Å². The lowest BCUT2D eigenvalue weighted by molar-refractivity contribution is 0.114. The standard InChI is InChI=1S/C14H22N6O/c1-21-10-4-5-20(8-10)13(16)7-12(15)17-14-6-11(18-19-14)9-2-3-9/h6,9-10,16H,2-5,7-8H2,1H3,(H3,15,17,18,19). The zero-order valence-corrected chi connectivity index (χ0v) is 12.3. The van der Waals surface area contributed by atoms with Crippen molar-refractivity contribution in [3.8, 4) is 0 Å². The fourth-order valence-corrected chi connectivity index (χ4v) is 2.62. The molecule has 1 aliphatic heterocycles. The van der Waals surface area contributed by atoms with Crippen molar-refractivity contribution in [1.82, 2.24) is 15.1 Å². The quantitative estimate of drug-likeness (QED) is 0.562. The fourth-order valence-electron chi connectivity index (χ4n) is 2.62. The highest BCUT2D eigenvalue weighted by molar-refractivity contribution is 6.01. The van der Waals surface area contributed by atoms with Crippen molar-refractivity contribution in [3.63, 3.8) is 0 Å². The number of nitrogens with one attached hydrogen (secondary N) is 2. The minimum atomic E-state index is 0.218. The third kappa shape index (κ3) is 3.41. The molecule has 2 fully saturated rings. The van der Waals surface area contributed by atoms with Gasteiger partial charge in [-0.2, -0.15) is 5.10 Å². The number of rotatable bonds is 5. The number of methoxy groups -OCH3 is 1. The predicted octanol–water partition coefficient (Wildman–Crippen LogP) is 1.36. The molecule has 2 aliphatic rings. The summed E-state index contributed by atoms with van der Waals surface area (Å²) in [6, 6.07) is 1.95. The fraction of sp³-hybridized carbons (Fsp3) is 0.643. The Morgan fingerprint density at radius 3 is 3.05 bits per heavy atom. The summed E-state index contributed by atoms with van der Waals surface area (Å²) >= 11 is 0. The van der Waals surface area contributed by atoms with Gasteiger partial charge < -0.3 is 15.4 Å². The summed E-state index contributed by atoms with van der Waals surface area (Å²) in [5.41, 5.74) is 7.08. The summed E-state index contributed by atoms with van der Waals surface area (Å²) in [6.45, 7) is 1.61. The van der Waals surface area contributed by atoms with Crippen molar-refractivity contribution < 1.29 is 4.74 Å². The normalized spacial score (nSPS) is 22.8. The molecule has 3 rings (SSSR count). The lowest BCUT2D eigenvalue weighted by atomic mass is 10.3. The van der Waals surface area contributed by atoms with Crippen LogP contribution in [0.4, 0.5) is 5.82 Å². The molecule has 1 saturated carbocycles. The Morgan fingerprint density at radius 1 is 1.57 bits per heavy atom. The van der Waals surface area contributed by atoms with Gasteiger partial charge in [-0.3, -0.25) is 10.5 Å². The largest absolute Gasteiger partial charge is 0.387 e. The molecule has 0 aromatic carbocycles. The molecule has 21 heavy (non-hydrogen) atoms. The lowest BCUT2D eigenvalue weighted by Crippen LogP contribution is -2.32. The number of aliphatic imine (C=N–C) groups is 1. The Bertz CT molecular complexity index is 547. The van der Waals surface area contributed by atoms with Gasteiger partial charge in [0, 0.05) is 37.9 Å². The van der Waals surface area contributed by atoms with Crippen LogP contribution in [0, 0.1) is 5.41 Å². The molecule has 0 bridgehead atoms. The van der Waals surface area contributed by atoms with E-state index < -0.39 is 0 Å². The molecule has 0 amide bonds. The van der Waals surface area contributed by atoms with Crippen LogP contribution in [-0.4, -0.2) is 53.1 Å². The molecule has 7 nitrogen and oxygen atoms in total. The van der Waals surface area contributed by atoms with Gasteiger partial charge in [-0.05, 0) is 19.3 Å². The summed E-state index contributed by atoms with van der Waals surface area (Å²) in [4.78, 5) is 6.29. The lowest BCUT2D eigenvalue weighted by Gasteiger charge is -2.18. The van der Waals surface area contributed by atoms with E-state index in [2.05, 4.69) is 15.2 Å². The van der Waals surface area contributed by atoms with E-state index in [4.69, 9.17) is 15.9 Å². The van der Waals surface area contributed by atoms with E-state index in [1.807, 2.05) is 11.0 Å². The van der Waals surface area contributed by atoms with Gasteiger partial charge in [0.15, 0.2) is 5.82 Å². The van der Waals surface area contributed by atoms with E-state index in [1.165, 1.54) is 12.8 Å². The second-order valence-electron chi connectivity index (χ2n) is 5.77. The molecule has 1 aromatic rings. The molecule has 0 radical (unpaired) electrons. The van der Waals surface area contributed by atoms with Gasteiger partial charge in [-0.25, -0.2) is 4.99 Å². The zero-order chi connectivity index (χ0) is 14.8. The van der Waals surface area contributed by atoms with Crippen LogP contribution in [-0.2, 0) is 4.74 Å². The SMILES string of the molecule is COC1CCN(C(=N)CC(N)=Nc2cc(C3CC3)[nH]n2)C1. The third-order valence-electron chi connectivity index (χ3n) is 4.07.